The lowest BCUT2D eigenvalue weighted by atomic mass is 9.97. The number of hydrogen-bond acceptors (Lipinski definition) is 4. The fraction of sp³-hybridized carbons (Fsp3) is 0.250. The van der Waals surface area contributed by atoms with Crippen LogP contribution in [0.15, 0.2) is 36.4 Å². The van der Waals surface area contributed by atoms with Gasteiger partial charge in [-0.05, 0) is 48.2 Å². The first-order chi connectivity index (χ1) is 9.65. The first-order valence-electron chi connectivity index (χ1n) is 6.51. The van der Waals surface area contributed by atoms with Crippen molar-refractivity contribution in [1.29, 1.82) is 0 Å². The van der Waals surface area contributed by atoms with Crippen molar-refractivity contribution in [3.63, 3.8) is 0 Å². The maximum Gasteiger partial charge on any atom is 0.123 e. The summed E-state index contributed by atoms with van der Waals surface area (Å²) in [6.45, 7) is 0.0570. The lowest BCUT2D eigenvalue weighted by Gasteiger charge is -2.11. The molecule has 20 heavy (non-hydrogen) atoms. The van der Waals surface area contributed by atoms with Crippen molar-refractivity contribution in [2.75, 3.05) is 13.2 Å². The zero-order valence-electron chi connectivity index (χ0n) is 11.1. The molecule has 4 heteroatoms. The summed E-state index contributed by atoms with van der Waals surface area (Å²) in [4.78, 5) is 0. The van der Waals surface area contributed by atoms with Crippen LogP contribution in [0.4, 0.5) is 0 Å². The van der Waals surface area contributed by atoms with Gasteiger partial charge in [-0.2, -0.15) is 0 Å². The topological polar surface area (TPSA) is 80.9 Å². The van der Waals surface area contributed by atoms with E-state index in [4.69, 9.17) is 10.2 Å². The Hall–Kier alpha value is -2.04. The van der Waals surface area contributed by atoms with E-state index in [1.165, 1.54) is 0 Å². The molecule has 0 aromatic heterocycles. The summed E-state index contributed by atoms with van der Waals surface area (Å²) in [5, 5.41) is 37.9. The molecule has 4 N–H and O–H groups in total. The molecule has 106 valence electrons. The number of aromatic hydroxyl groups is 2. The Morgan fingerprint density at radius 1 is 0.650 bits per heavy atom. The molecule has 0 aliphatic rings. The van der Waals surface area contributed by atoms with Crippen molar-refractivity contribution in [3.8, 4) is 22.6 Å². The molecular formula is C16H18O4. The van der Waals surface area contributed by atoms with Gasteiger partial charge in [0.05, 0.1) is 0 Å². The van der Waals surface area contributed by atoms with E-state index in [0.29, 0.717) is 24.0 Å². The van der Waals surface area contributed by atoms with E-state index in [2.05, 4.69) is 0 Å². The number of benzene rings is 2. The van der Waals surface area contributed by atoms with Gasteiger partial charge < -0.3 is 20.4 Å². The van der Waals surface area contributed by atoms with Gasteiger partial charge >= 0.3 is 0 Å². The Kier molecular flexibility index (Phi) is 4.61. The van der Waals surface area contributed by atoms with Crippen molar-refractivity contribution < 1.29 is 20.4 Å². The highest BCUT2D eigenvalue weighted by Gasteiger charge is 2.11. The maximum absolute atomic E-state index is 9.98. The molecule has 0 atom stereocenters. The fourth-order valence-corrected chi connectivity index (χ4v) is 2.17. The lowest BCUT2D eigenvalue weighted by molar-refractivity contribution is 0.299. The number of phenols is 2. The summed E-state index contributed by atoms with van der Waals surface area (Å²) < 4.78 is 0. The molecular weight excluding hydrogens is 256 g/mol. The molecule has 0 heterocycles. The van der Waals surface area contributed by atoms with Gasteiger partial charge in [0.15, 0.2) is 0 Å². The third kappa shape index (κ3) is 3.10. The van der Waals surface area contributed by atoms with Gasteiger partial charge in [0.25, 0.3) is 0 Å². The molecule has 0 bridgehead atoms. The molecule has 0 fully saturated rings. The van der Waals surface area contributed by atoms with E-state index in [0.717, 1.165) is 11.1 Å². The SMILES string of the molecule is OCCc1ccc(O)c(-c2cc(CCO)ccc2O)c1. The largest absolute Gasteiger partial charge is 0.507 e. The number of hydrogen-bond donors (Lipinski definition) is 4. The molecule has 0 saturated carbocycles. The number of aliphatic hydroxyl groups is 2. The number of rotatable bonds is 5. The highest BCUT2D eigenvalue weighted by Crippen LogP contribution is 2.36. The Morgan fingerprint density at radius 2 is 1.05 bits per heavy atom. The van der Waals surface area contributed by atoms with Crippen molar-refractivity contribution in [2.45, 2.75) is 12.8 Å². The van der Waals surface area contributed by atoms with Crippen LogP contribution in [0.1, 0.15) is 11.1 Å². The standard InChI is InChI=1S/C16H18O4/c17-7-5-11-1-3-15(19)13(9-11)14-10-12(6-8-18)2-4-16(14)20/h1-4,9-10,17-20H,5-8H2. The first kappa shape index (κ1) is 14.4. The first-order valence-corrected chi connectivity index (χ1v) is 6.51. The maximum atomic E-state index is 9.98. The molecule has 0 unspecified atom stereocenters. The second kappa shape index (κ2) is 6.41. The number of aliphatic hydroxyl groups excluding tert-OH is 2. The van der Waals surface area contributed by atoms with Crippen molar-refractivity contribution in [3.05, 3.63) is 47.5 Å². The summed E-state index contributed by atoms with van der Waals surface area (Å²) in [5.41, 5.74) is 2.81. The van der Waals surface area contributed by atoms with Crippen molar-refractivity contribution >= 4 is 0 Å². The van der Waals surface area contributed by atoms with Gasteiger partial charge in [0.1, 0.15) is 11.5 Å². The van der Waals surface area contributed by atoms with Gasteiger partial charge in [-0.25, -0.2) is 0 Å². The Labute approximate surface area is 117 Å². The van der Waals surface area contributed by atoms with E-state index >= 15 is 0 Å². The van der Waals surface area contributed by atoms with Crippen LogP contribution in [-0.4, -0.2) is 33.6 Å². The van der Waals surface area contributed by atoms with E-state index in [1.807, 2.05) is 0 Å². The zero-order chi connectivity index (χ0) is 14.5. The van der Waals surface area contributed by atoms with E-state index in [1.54, 1.807) is 36.4 Å². The zero-order valence-corrected chi connectivity index (χ0v) is 11.1. The highest BCUT2D eigenvalue weighted by molar-refractivity contribution is 5.76. The summed E-state index contributed by atoms with van der Waals surface area (Å²) in [6, 6.07) is 10.1. The molecule has 0 spiro atoms. The van der Waals surface area contributed by atoms with E-state index < -0.39 is 0 Å². The molecule has 2 aromatic carbocycles. The third-order valence-electron chi connectivity index (χ3n) is 3.21. The fourth-order valence-electron chi connectivity index (χ4n) is 2.17. The molecule has 2 aromatic rings. The van der Waals surface area contributed by atoms with Crippen LogP contribution in [0, 0.1) is 0 Å². The summed E-state index contributed by atoms with van der Waals surface area (Å²) in [5.74, 6) is 0.145. The summed E-state index contributed by atoms with van der Waals surface area (Å²) in [7, 11) is 0. The van der Waals surface area contributed by atoms with Crippen LogP contribution in [0.2, 0.25) is 0 Å². The summed E-state index contributed by atoms with van der Waals surface area (Å²) in [6.07, 6.45) is 0.981. The smallest absolute Gasteiger partial charge is 0.123 e. The van der Waals surface area contributed by atoms with Crippen LogP contribution in [0.25, 0.3) is 11.1 Å². The molecule has 0 saturated heterocycles. The highest BCUT2D eigenvalue weighted by atomic mass is 16.3. The predicted molar refractivity (Wildman–Crippen MR) is 76.8 cm³/mol. The molecule has 4 nitrogen and oxygen atoms in total. The Morgan fingerprint density at radius 3 is 1.40 bits per heavy atom. The molecule has 0 aliphatic carbocycles. The lowest BCUT2D eigenvalue weighted by Crippen LogP contribution is -1.93. The minimum atomic E-state index is 0.0285. The van der Waals surface area contributed by atoms with Crippen molar-refractivity contribution in [2.24, 2.45) is 0 Å². The third-order valence-corrected chi connectivity index (χ3v) is 3.21. The number of phenolic OH excluding ortho intramolecular Hbond substituents is 2. The minimum Gasteiger partial charge on any atom is -0.507 e. The molecule has 2 rings (SSSR count). The molecule has 0 radical (unpaired) electrons. The molecule has 0 aliphatic heterocycles. The van der Waals surface area contributed by atoms with Gasteiger partial charge in [-0.1, -0.05) is 12.1 Å². The second-order valence-corrected chi connectivity index (χ2v) is 4.65. The van der Waals surface area contributed by atoms with Crippen LogP contribution in [-0.2, 0) is 12.8 Å². The van der Waals surface area contributed by atoms with Crippen LogP contribution in [0.3, 0.4) is 0 Å². The average molecular weight is 274 g/mol. The van der Waals surface area contributed by atoms with Crippen LogP contribution >= 0.6 is 0 Å². The van der Waals surface area contributed by atoms with Gasteiger partial charge in [0, 0.05) is 24.3 Å². The van der Waals surface area contributed by atoms with E-state index in [-0.39, 0.29) is 24.7 Å². The summed E-state index contributed by atoms with van der Waals surface area (Å²) >= 11 is 0. The monoisotopic (exact) mass is 274 g/mol. The predicted octanol–water partition coefficient (Wildman–Crippen LogP) is 1.83. The van der Waals surface area contributed by atoms with Gasteiger partial charge in [-0.3, -0.25) is 0 Å². The quantitative estimate of drug-likeness (QED) is 0.670. The van der Waals surface area contributed by atoms with E-state index in [9.17, 15) is 10.2 Å². The second-order valence-electron chi connectivity index (χ2n) is 4.65. The van der Waals surface area contributed by atoms with Crippen LogP contribution < -0.4 is 0 Å². The Balaban J connectivity index is 2.49. The average Bonchev–Trinajstić information content (AvgIpc) is 2.44. The van der Waals surface area contributed by atoms with Gasteiger partial charge in [0.2, 0.25) is 0 Å². The normalized spacial score (nSPS) is 10.7. The minimum absolute atomic E-state index is 0.0285. The van der Waals surface area contributed by atoms with Crippen LogP contribution in [0.5, 0.6) is 11.5 Å². The van der Waals surface area contributed by atoms with Gasteiger partial charge in [-0.15, -0.1) is 0 Å². The Bertz CT molecular complexity index is 540. The molecule has 0 amide bonds. The van der Waals surface area contributed by atoms with Crippen molar-refractivity contribution in [1.82, 2.24) is 0 Å².